The van der Waals surface area contributed by atoms with Crippen molar-refractivity contribution in [2.24, 2.45) is 0 Å². The standard InChI is InChI=1S/C15H16BrN3O3/c1-15(2,10-4-3-5-11(16)8-10)14(22)17-12-6-7-19(18-12)9-13(20)21/h3-8H,9H2,1-2H3,(H,20,21)(H,17,18,22). The Morgan fingerprint density at radius 3 is 2.73 bits per heavy atom. The molecule has 0 radical (unpaired) electrons. The van der Waals surface area contributed by atoms with Crippen molar-refractivity contribution in [2.45, 2.75) is 25.8 Å². The van der Waals surface area contributed by atoms with E-state index in [0.29, 0.717) is 5.82 Å². The van der Waals surface area contributed by atoms with E-state index in [1.54, 1.807) is 6.07 Å². The first kappa shape index (κ1) is 16.2. The number of carboxylic acid groups (broad SMARTS) is 1. The van der Waals surface area contributed by atoms with Crippen molar-refractivity contribution in [3.63, 3.8) is 0 Å². The highest BCUT2D eigenvalue weighted by Gasteiger charge is 2.30. The molecule has 1 aromatic carbocycles. The fourth-order valence-corrected chi connectivity index (χ4v) is 2.34. The maximum atomic E-state index is 12.5. The normalized spacial score (nSPS) is 11.2. The number of aliphatic carboxylic acids is 1. The zero-order valence-corrected chi connectivity index (χ0v) is 13.8. The van der Waals surface area contributed by atoms with E-state index in [-0.39, 0.29) is 12.5 Å². The average molecular weight is 366 g/mol. The van der Waals surface area contributed by atoms with Gasteiger partial charge in [0.25, 0.3) is 0 Å². The molecule has 0 aliphatic rings. The number of carbonyl (C=O) groups excluding carboxylic acids is 1. The zero-order chi connectivity index (χ0) is 16.3. The average Bonchev–Trinajstić information content (AvgIpc) is 2.85. The lowest BCUT2D eigenvalue weighted by Crippen LogP contribution is -2.34. The topological polar surface area (TPSA) is 84.2 Å². The van der Waals surface area contributed by atoms with Crippen molar-refractivity contribution in [1.82, 2.24) is 9.78 Å². The van der Waals surface area contributed by atoms with Crippen LogP contribution in [0.3, 0.4) is 0 Å². The predicted molar refractivity (Wildman–Crippen MR) is 85.7 cm³/mol. The quantitative estimate of drug-likeness (QED) is 0.852. The minimum absolute atomic E-state index is 0.217. The molecule has 0 atom stereocenters. The Bertz CT molecular complexity index is 710. The van der Waals surface area contributed by atoms with Crippen molar-refractivity contribution < 1.29 is 14.7 Å². The van der Waals surface area contributed by atoms with Crippen LogP contribution >= 0.6 is 15.9 Å². The Morgan fingerprint density at radius 2 is 2.09 bits per heavy atom. The number of halogens is 1. The lowest BCUT2D eigenvalue weighted by Gasteiger charge is -2.23. The fraction of sp³-hybridized carbons (Fsp3) is 0.267. The molecule has 22 heavy (non-hydrogen) atoms. The monoisotopic (exact) mass is 365 g/mol. The molecule has 0 saturated carbocycles. The fourth-order valence-electron chi connectivity index (χ4n) is 1.94. The second-order valence-corrected chi connectivity index (χ2v) is 6.30. The first-order valence-electron chi connectivity index (χ1n) is 6.62. The molecule has 0 bridgehead atoms. The van der Waals surface area contributed by atoms with Gasteiger partial charge in [0.2, 0.25) is 5.91 Å². The molecule has 0 aliphatic carbocycles. The van der Waals surface area contributed by atoms with Gasteiger partial charge in [0.05, 0.1) is 5.41 Å². The molecule has 0 aliphatic heterocycles. The molecule has 6 nitrogen and oxygen atoms in total. The first-order chi connectivity index (χ1) is 10.3. The van der Waals surface area contributed by atoms with Crippen molar-refractivity contribution >= 4 is 33.6 Å². The van der Waals surface area contributed by atoms with Crippen LogP contribution in [0.5, 0.6) is 0 Å². The van der Waals surface area contributed by atoms with Crippen LogP contribution in [-0.4, -0.2) is 26.8 Å². The maximum absolute atomic E-state index is 12.5. The molecule has 2 aromatic rings. The molecule has 0 saturated heterocycles. The summed E-state index contributed by atoms with van der Waals surface area (Å²) in [7, 11) is 0. The molecule has 1 heterocycles. The van der Waals surface area contributed by atoms with Crippen LogP contribution in [0.15, 0.2) is 41.0 Å². The number of amides is 1. The van der Waals surface area contributed by atoms with Crippen molar-refractivity contribution in [3.8, 4) is 0 Å². The summed E-state index contributed by atoms with van der Waals surface area (Å²) in [6.45, 7) is 3.39. The van der Waals surface area contributed by atoms with Crippen LogP contribution in [0.4, 0.5) is 5.82 Å². The Hall–Kier alpha value is -2.15. The third-order valence-corrected chi connectivity index (χ3v) is 3.79. The number of aromatic nitrogens is 2. The molecule has 0 fully saturated rings. The van der Waals surface area contributed by atoms with Gasteiger partial charge in [-0.1, -0.05) is 28.1 Å². The van der Waals surface area contributed by atoms with E-state index in [1.807, 2.05) is 38.1 Å². The number of nitrogens with zero attached hydrogens (tertiary/aromatic N) is 2. The Labute approximate surface area is 136 Å². The molecule has 2 N–H and O–H groups in total. The molecule has 1 aromatic heterocycles. The highest BCUT2D eigenvalue weighted by Crippen LogP contribution is 2.27. The Balaban J connectivity index is 2.13. The number of carboxylic acids is 1. The van der Waals surface area contributed by atoms with Crippen molar-refractivity contribution in [3.05, 3.63) is 46.6 Å². The van der Waals surface area contributed by atoms with E-state index < -0.39 is 11.4 Å². The van der Waals surface area contributed by atoms with Gasteiger partial charge < -0.3 is 10.4 Å². The highest BCUT2D eigenvalue weighted by atomic mass is 79.9. The van der Waals surface area contributed by atoms with Gasteiger partial charge >= 0.3 is 5.97 Å². The summed E-state index contributed by atoms with van der Waals surface area (Å²) < 4.78 is 2.15. The molecular weight excluding hydrogens is 350 g/mol. The number of anilines is 1. The molecule has 0 unspecified atom stereocenters. The summed E-state index contributed by atoms with van der Waals surface area (Å²) >= 11 is 3.39. The molecule has 1 amide bonds. The van der Waals surface area contributed by atoms with Gasteiger partial charge in [-0.2, -0.15) is 5.10 Å². The molecule has 7 heteroatoms. The lowest BCUT2D eigenvalue weighted by molar-refractivity contribution is -0.137. The van der Waals surface area contributed by atoms with Gasteiger partial charge in [-0.05, 0) is 31.5 Å². The van der Waals surface area contributed by atoms with Crippen LogP contribution in [-0.2, 0) is 21.5 Å². The third kappa shape index (κ3) is 3.73. The Morgan fingerprint density at radius 1 is 1.36 bits per heavy atom. The van der Waals surface area contributed by atoms with Crippen LogP contribution in [0.1, 0.15) is 19.4 Å². The van der Waals surface area contributed by atoms with E-state index in [0.717, 1.165) is 10.0 Å². The van der Waals surface area contributed by atoms with E-state index in [4.69, 9.17) is 5.11 Å². The Kier molecular flexibility index (Phi) is 4.65. The summed E-state index contributed by atoms with van der Waals surface area (Å²) in [5.41, 5.74) is 0.115. The minimum atomic E-state index is -0.990. The van der Waals surface area contributed by atoms with Crippen LogP contribution in [0, 0.1) is 0 Å². The second-order valence-electron chi connectivity index (χ2n) is 5.38. The predicted octanol–water partition coefficient (Wildman–Crippen LogP) is 2.65. The van der Waals surface area contributed by atoms with E-state index in [1.165, 1.54) is 10.9 Å². The van der Waals surface area contributed by atoms with Gasteiger partial charge in [0.15, 0.2) is 5.82 Å². The van der Waals surface area contributed by atoms with Gasteiger partial charge in [0, 0.05) is 16.7 Å². The number of hydrogen-bond donors (Lipinski definition) is 2. The SMILES string of the molecule is CC(C)(C(=O)Nc1ccn(CC(=O)O)n1)c1cccc(Br)c1. The molecule has 116 valence electrons. The first-order valence-corrected chi connectivity index (χ1v) is 7.41. The van der Waals surface area contributed by atoms with E-state index in [2.05, 4.69) is 26.3 Å². The number of benzene rings is 1. The third-order valence-electron chi connectivity index (χ3n) is 3.29. The summed E-state index contributed by atoms with van der Waals surface area (Å²) in [6, 6.07) is 9.11. The molecule has 0 spiro atoms. The zero-order valence-electron chi connectivity index (χ0n) is 12.2. The highest BCUT2D eigenvalue weighted by molar-refractivity contribution is 9.10. The summed E-state index contributed by atoms with van der Waals surface area (Å²) in [6.07, 6.45) is 1.51. The largest absolute Gasteiger partial charge is 0.480 e. The van der Waals surface area contributed by atoms with Crippen molar-refractivity contribution in [2.75, 3.05) is 5.32 Å². The van der Waals surface area contributed by atoms with Crippen LogP contribution in [0.25, 0.3) is 0 Å². The van der Waals surface area contributed by atoms with Gasteiger partial charge in [-0.25, -0.2) is 0 Å². The summed E-state index contributed by atoms with van der Waals surface area (Å²) in [4.78, 5) is 23.1. The van der Waals surface area contributed by atoms with Crippen LogP contribution < -0.4 is 5.32 Å². The van der Waals surface area contributed by atoms with Crippen LogP contribution in [0.2, 0.25) is 0 Å². The summed E-state index contributed by atoms with van der Waals surface area (Å²) in [5, 5.41) is 15.4. The smallest absolute Gasteiger partial charge is 0.325 e. The maximum Gasteiger partial charge on any atom is 0.325 e. The minimum Gasteiger partial charge on any atom is -0.480 e. The number of carbonyl (C=O) groups is 2. The van der Waals surface area contributed by atoms with Gasteiger partial charge in [-0.3, -0.25) is 14.3 Å². The number of nitrogens with one attached hydrogen (secondary N) is 1. The van der Waals surface area contributed by atoms with E-state index in [9.17, 15) is 9.59 Å². The molecular formula is C15H16BrN3O3. The summed E-state index contributed by atoms with van der Waals surface area (Å²) in [5.74, 6) is -0.879. The lowest BCUT2D eigenvalue weighted by atomic mass is 9.84. The van der Waals surface area contributed by atoms with Gasteiger partial charge in [0.1, 0.15) is 6.54 Å². The van der Waals surface area contributed by atoms with E-state index >= 15 is 0 Å². The van der Waals surface area contributed by atoms with Crippen molar-refractivity contribution in [1.29, 1.82) is 0 Å². The number of hydrogen-bond acceptors (Lipinski definition) is 3. The molecule has 2 rings (SSSR count). The number of rotatable bonds is 5. The van der Waals surface area contributed by atoms with Gasteiger partial charge in [-0.15, -0.1) is 0 Å². The second kappa shape index (κ2) is 6.31.